The number of hydrazine groups is 1. The molecule has 0 fully saturated rings. The van der Waals surface area contributed by atoms with Crippen molar-refractivity contribution in [3.05, 3.63) is 39.7 Å². The SMILES string of the molecule is COCn1c(=O)c2c(c3ccc(C/C(=N/N)NN)cc31)NCCC2. The highest BCUT2D eigenvalue weighted by Crippen LogP contribution is 2.29. The lowest BCUT2D eigenvalue weighted by Crippen LogP contribution is -2.33. The summed E-state index contributed by atoms with van der Waals surface area (Å²) >= 11 is 0. The van der Waals surface area contributed by atoms with E-state index in [4.69, 9.17) is 16.4 Å². The first-order valence-corrected chi connectivity index (χ1v) is 7.84. The van der Waals surface area contributed by atoms with E-state index < -0.39 is 0 Å². The van der Waals surface area contributed by atoms with Crippen molar-refractivity contribution in [2.75, 3.05) is 19.0 Å². The van der Waals surface area contributed by atoms with E-state index in [0.717, 1.165) is 47.1 Å². The Kier molecular flexibility index (Phi) is 4.68. The molecule has 1 aliphatic heterocycles. The van der Waals surface area contributed by atoms with E-state index in [1.54, 1.807) is 11.7 Å². The lowest BCUT2D eigenvalue weighted by atomic mass is 9.99. The van der Waals surface area contributed by atoms with Crippen LogP contribution in [0.25, 0.3) is 10.9 Å². The largest absolute Gasteiger partial charge is 0.384 e. The fourth-order valence-electron chi connectivity index (χ4n) is 3.16. The first-order valence-electron chi connectivity index (χ1n) is 7.84. The molecule has 128 valence electrons. The van der Waals surface area contributed by atoms with Crippen LogP contribution in [0, 0.1) is 0 Å². The maximum atomic E-state index is 12.8. The molecule has 2 heterocycles. The molecule has 24 heavy (non-hydrogen) atoms. The highest BCUT2D eigenvalue weighted by molar-refractivity contribution is 5.94. The van der Waals surface area contributed by atoms with Crippen LogP contribution in [0.5, 0.6) is 0 Å². The van der Waals surface area contributed by atoms with E-state index in [1.165, 1.54) is 0 Å². The molecular formula is C16H22N6O2. The van der Waals surface area contributed by atoms with Crippen LogP contribution >= 0.6 is 0 Å². The fraction of sp³-hybridized carbons (Fsp3) is 0.375. The Balaban J connectivity index is 2.20. The van der Waals surface area contributed by atoms with E-state index >= 15 is 0 Å². The molecule has 0 radical (unpaired) electrons. The van der Waals surface area contributed by atoms with Crippen LogP contribution in [0.4, 0.5) is 5.69 Å². The number of pyridine rings is 1. The predicted molar refractivity (Wildman–Crippen MR) is 94.7 cm³/mol. The zero-order chi connectivity index (χ0) is 17.1. The number of nitrogens with two attached hydrogens (primary N) is 2. The number of rotatable bonds is 4. The molecule has 0 bridgehead atoms. The van der Waals surface area contributed by atoms with Crippen molar-refractivity contribution in [2.45, 2.75) is 26.0 Å². The van der Waals surface area contributed by atoms with E-state index in [0.29, 0.717) is 12.3 Å². The van der Waals surface area contributed by atoms with Crippen LogP contribution in [0.3, 0.4) is 0 Å². The number of nitrogens with zero attached hydrogens (tertiary/aromatic N) is 2. The zero-order valence-corrected chi connectivity index (χ0v) is 13.6. The summed E-state index contributed by atoms with van der Waals surface area (Å²) in [5.74, 6) is 11.2. The summed E-state index contributed by atoms with van der Waals surface area (Å²) < 4.78 is 6.90. The highest BCUT2D eigenvalue weighted by Gasteiger charge is 2.19. The Morgan fingerprint density at radius 1 is 1.50 bits per heavy atom. The van der Waals surface area contributed by atoms with Gasteiger partial charge in [-0.15, -0.1) is 0 Å². The second-order valence-corrected chi connectivity index (χ2v) is 5.78. The lowest BCUT2D eigenvalue weighted by molar-refractivity contribution is 0.131. The monoisotopic (exact) mass is 330 g/mol. The first kappa shape index (κ1) is 16.3. The van der Waals surface area contributed by atoms with Gasteiger partial charge < -0.3 is 21.3 Å². The number of anilines is 1. The van der Waals surface area contributed by atoms with Crippen LogP contribution < -0.4 is 28.0 Å². The number of hydrazone groups is 1. The van der Waals surface area contributed by atoms with Crippen molar-refractivity contribution in [1.29, 1.82) is 0 Å². The quantitative estimate of drug-likeness (QED) is 0.276. The minimum atomic E-state index is -0.00614. The van der Waals surface area contributed by atoms with Gasteiger partial charge in [0.15, 0.2) is 0 Å². The number of benzene rings is 1. The van der Waals surface area contributed by atoms with Gasteiger partial charge in [0.2, 0.25) is 0 Å². The summed E-state index contributed by atoms with van der Waals surface area (Å²) in [6.07, 6.45) is 2.19. The zero-order valence-electron chi connectivity index (χ0n) is 13.6. The molecule has 0 saturated heterocycles. The van der Waals surface area contributed by atoms with E-state index in [9.17, 15) is 4.79 Å². The number of aromatic nitrogens is 1. The van der Waals surface area contributed by atoms with E-state index in [-0.39, 0.29) is 12.3 Å². The van der Waals surface area contributed by atoms with Crippen molar-refractivity contribution in [2.24, 2.45) is 16.8 Å². The number of fused-ring (bicyclic) bond motifs is 3. The van der Waals surface area contributed by atoms with Gasteiger partial charge in [-0.25, -0.2) is 5.84 Å². The molecule has 1 aromatic carbocycles. The van der Waals surface area contributed by atoms with E-state index in [1.807, 2.05) is 18.2 Å². The molecular weight excluding hydrogens is 308 g/mol. The minimum absolute atomic E-state index is 0.00614. The van der Waals surface area contributed by atoms with Crippen molar-refractivity contribution < 1.29 is 4.74 Å². The van der Waals surface area contributed by atoms with Gasteiger partial charge in [0, 0.05) is 31.0 Å². The minimum Gasteiger partial charge on any atom is -0.384 e. The average Bonchev–Trinajstić information content (AvgIpc) is 2.63. The maximum Gasteiger partial charge on any atom is 0.258 e. The molecule has 0 amide bonds. The van der Waals surface area contributed by atoms with Gasteiger partial charge in [-0.05, 0) is 24.5 Å². The third-order valence-electron chi connectivity index (χ3n) is 4.28. The van der Waals surface area contributed by atoms with Crippen LogP contribution in [-0.2, 0) is 24.3 Å². The molecule has 8 heteroatoms. The Morgan fingerprint density at radius 2 is 2.33 bits per heavy atom. The second kappa shape index (κ2) is 6.90. The molecule has 1 aromatic heterocycles. The van der Waals surface area contributed by atoms with Gasteiger partial charge in [0.1, 0.15) is 12.6 Å². The summed E-state index contributed by atoms with van der Waals surface area (Å²) in [5, 5.41) is 7.98. The Hall–Kier alpha value is -2.58. The van der Waals surface area contributed by atoms with Gasteiger partial charge in [0.05, 0.1) is 11.2 Å². The number of amidine groups is 1. The van der Waals surface area contributed by atoms with Crippen LogP contribution in [0.15, 0.2) is 28.1 Å². The standard InChI is InChI=1S/C16H22N6O2/c1-24-9-22-13-7-10(8-14(20-17)21-18)4-5-11(13)15-12(16(22)23)3-2-6-19-15/h4-5,7,19H,2-3,6,8-9,17-18H2,1H3,(H,20,21). The van der Waals surface area contributed by atoms with E-state index in [2.05, 4.69) is 15.8 Å². The van der Waals surface area contributed by atoms with Crippen molar-refractivity contribution >= 4 is 22.4 Å². The van der Waals surface area contributed by atoms with Crippen molar-refractivity contribution in [3.63, 3.8) is 0 Å². The van der Waals surface area contributed by atoms with Gasteiger partial charge in [-0.3, -0.25) is 9.36 Å². The first-order chi connectivity index (χ1) is 11.7. The summed E-state index contributed by atoms with van der Waals surface area (Å²) in [7, 11) is 1.58. The average molecular weight is 330 g/mol. The smallest absolute Gasteiger partial charge is 0.258 e. The summed E-state index contributed by atoms with van der Waals surface area (Å²) in [6, 6.07) is 5.95. The summed E-state index contributed by atoms with van der Waals surface area (Å²) in [5.41, 5.74) is 5.99. The predicted octanol–water partition coefficient (Wildman–Crippen LogP) is 0.242. The normalized spacial score (nSPS) is 14.3. The third kappa shape index (κ3) is 2.81. The van der Waals surface area contributed by atoms with Gasteiger partial charge >= 0.3 is 0 Å². The molecule has 6 N–H and O–H groups in total. The Morgan fingerprint density at radius 3 is 3.04 bits per heavy atom. The van der Waals surface area contributed by atoms with Gasteiger partial charge in [0.25, 0.3) is 5.56 Å². The number of ether oxygens (including phenoxy) is 1. The lowest BCUT2D eigenvalue weighted by Gasteiger charge is -2.22. The molecule has 8 nitrogen and oxygen atoms in total. The second-order valence-electron chi connectivity index (χ2n) is 5.78. The number of nitrogens with one attached hydrogen (secondary N) is 2. The Labute approximate surface area is 139 Å². The Bertz CT molecular complexity index is 843. The summed E-state index contributed by atoms with van der Waals surface area (Å²) in [4.78, 5) is 12.8. The molecule has 2 aromatic rings. The molecule has 3 rings (SSSR count). The summed E-state index contributed by atoms with van der Waals surface area (Å²) in [6.45, 7) is 1.08. The van der Waals surface area contributed by atoms with Crippen LogP contribution in [0.2, 0.25) is 0 Å². The topological polar surface area (TPSA) is 120 Å². The molecule has 0 unspecified atom stereocenters. The maximum absolute atomic E-state index is 12.8. The molecule has 0 spiro atoms. The van der Waals surface area contributed by atoms with Crippen molar-refractivity contribution in [3.8, 4) is 0 Å². The van der Waals surface area contributed by atoms with Crippen LogP contribution in [-0.4, -0.2) is 24.1 Å². The molecule has 1 aliphatic rings. The number of hydrogen-bond donors (Lipinski definition) is 4. The van der Waals surface area contributed by atoms with Gasteiger partial charge in [-0.2, -0.15) is 5.10 Å². The third-order valence-corrected chi connectivity index (χ3v) is 4.28. The van der Waals surface area contributed by atoms with Gasteiger partial charge in [-0.1, -0.05) is 12.1 Å². The van der Waals surface area contributed by atoms with Crippen LogP contribution in [0.1, 0.15) is 17.5 Å². The molecule has 0 atom stereocenters. The molecule has 0 saturated carbocycles. The fourth-order valence-corrected chi connectivity index (χ4v) is 3.16. The number of methoxy groups -OCH3 is 1. The molecule has 0 aliphatic carbocycles. The van der Waals surface area contributed by atoms with Crippen molar-refractivity contribution in [1.82, 2.24) is 9.99 Å². The number of hydrogen-bond acceptors (Lipinski definition) is 6. The highest BCUT2D eigenvalue weighted by atomic mass is 16.5.